The zero-order valence-corrected chi connectivity index (χ0v) is 12.5. The first-order valence-electron chi connectivity index (χ1n) is 7.75. The SMILES string of the molecule is CCC1(CNC(=O)N2CCC(C)CC2C(=O)O)CCC1. The van der Waals surface area contributed by atoms with Crippen LogP contribution in [0.25, 0.3) is 0 Å². The molecule has 5 heteroatoms. The van der Waals surface area contributed by atoms with Crippen molar-refractivity contribution in [3.63, 3.8) is 0 Å². The molecule has 20 heavy (non-hydrogen) atoms. The smallest absolute Gasteiger partial charge is 0.326 e. The quantitative estimate of drug-likeness (QED) is 0.832. The minimum absolute atomic E-state index is 0.205. The maximum absolute atomic E-state index is 12.3. The Morgan fingerprint density at radius 3 is 2.60 bits per heavy atom. The number of nitrogens with one attached hydrogen (secondary N) is 1. The number of urea groups is 1. The number of hydrogen-bond acceptors (Lipinski definition) is 2. The van der Waals surface area contributed by atoms with Crippen molar-refractivity contribution in [1.82, 2.24) is 10.2 Å². The number of likely N-dealkylation sites (tertiary alicyclic amines) is 1. The summed E-state index contributed by atoms with van der Waals surface area (Å²) in [6.45, 7) is 5.43. The highest BCUT2D eigenvalue weighted by Gasteiger charge is 2.38. The first kappa shape index (κ1) is 15.1. The van der Waals surface area contributed by atoms with E-state index in [1.54, 1.807) is 0 Å². The van der Waals surface area contributed by atoms with Gasteiger partial charge in [-0.15, -0.1) is 0 Å². The Labute approximate surface area is 120 Å². The van der Waals surface area contributed by atoms with E-state index in [0.717, 1.165) is 12.8 Å². The number of hydrogen-bond donors (Lipinski definition) is 2. The van der Waals surface area contributed by atoms with E-state index in [9.17, 15) is 14.7 Å². The summed E-state index contributed by atoms with van der Waals surface area (Å²) in [5.74, 6) is -0.519. The maximum atomic E-state index is 12.3. The van der Waals surface area contributed by atoms with Gasteiger partial charge in [-0.1, -0.05) is 20.3 Å². The van der Waals surface area contributed by atoms with Crippen LogP contribution in [0, 0.1) is 11.3 Å². The van der Waals surface area contributed by atoms with E-state index in [4.69, 9.17) is 0 Å². The van der Waals surface area contributed by atoms with Crippen LogP contribution in [-0.2, 0) is 4.79 Å². The van der Waals surface area contributed by atoms with Crippen molar-refractivity contribution in [1.29, 1.82) is 0 Å². The molecular weight excluding hydrogens is 256 g/mol. The molecule has 2 amide bonds. The molecule has 2 atom stereocenters. The average molecular weight is 282 g/mol. The van der Waals surface area contributed by atoms with Gasteiger partial charge in [0.15, 0.2) is 0 Å². The van der Waals surface area contributed by atoms with Crippen molar-refractivity contribution >= 4 is 12.0 Å². The van der Waals surface area contributed by atoms with E-state index in [2.05, 4.69) is 12.2 Å². The van der Waals surface area contributed by atoms with Gasteiger partial charge in [0.2, 0.25) is 0 Å². The molecule has 0 spiro atoms. The zero-order valence-electron chi connectivity index (χ0n) is 12.5. The molecule has 2 rings (SSSR count). The van der Waals surface area contributed by atoms with E-state index >= 15 is 0 Å². The van der Waals surface area contributed by atoms with Crippen LogP contribution >= 0.6 is 0 Å². The third kappa shape index (κ3) is 3.07. The monoisotopic (exact) mass is 282 g/mol. The fourth-order valence-electron chi connectivity index (χ4n) is 3.32. The van der Waals surface area contributed by atoms with Crippen molar-refractivity contribution in [2.75, 3.05) is 13.1 Å². The number of carbonyl (C=O) groups is 2. The molecule has 0 bridgehead atoms. The molecule has 1 saturated heterocycles. The molecule has 2 fully saturated rings. The van der Waals surface area contributed by atoms with E-state index in [1.807, 2.05) is 6.92 Å². The number of carbonyl (C=O) groups excluding carboxylic acids is 1. The van der Waals surface area contributed by atoms with Crippen LogP contribution in [0.5, 0.6) is 0 Å². The molecule has 1 aliphatic heterocycles. The second-order valence-corrected chi connectivity index (χ2v) is 6.54. The number of aliphatic carboxylic acids is 1. The summed E-state index contributed by atoms with van der Waals surface area (Å²) in [6.07, 6.45) is 6.10. The fourth-order valence-corrected chi connectivity index (χ4v) is 3.32. The van der Waals surface area contributed by atoms with E-state index < -0.39 is 12.0 Å². The Bertz CT molecular complexity index is 374. The molecule has 2 N–H and O–H groups in total. The fraction of sp³-hybridized carbons (Fsp3) is 0.867. The van der Waals surface area contributed by atoms with E-state index in [-0.39, 0.29) is 11.4 Å². The Balaban J connectivity index is 1.91. The molecule has 0 radical (unpaired) electrons. The summed E-state index contributed by atoms with van der Waals surface area (Å²) in [5, 5.41) is 12.3. The second kappa shape index (κ2) is 6.02. The molecule has 5 nitrogen and oxygen atoms in total. The largest absolute Gasteiger partial charge is 0.480 e. The molecule has 0 aromatic carbocycles. The first-order valence-corrected chi connectivity index (χ1v) is 7.75. The van der Waals surface area contributed by atoms with Crippen LogP contribution < -0.4 is 5.32 Å². The van der Waals surface area contributed by atoms with Gasteiger partial charge in [-0.2, -0.15) is 0 Å². The van der Waals surface area contributed by atoms with Gasteiger partial charge in [-0.25, -0.2) is 9.59 Å². The van der Waals surface area contributed by atoms with Crippen molar-refractivity contribution in [3.05, 3.63) is 0 Å². The third-order valence-electron chi connectivity index (χ3n) is 5.19. The van der Waals surface area contributed by atoms with Gasteiger partial charge in [-0.05, 0) is 43.4 Å². The minimum atomic E-state index is -0.888. The normalized spacial score (nSPS) is 28.6. The van der Waals surface area contributed by atoms with Crippen LogP contribution in [0.15, 0.2) is 0 Å². The van der Waals surface area contributed by atoms with E-state index in [0.29, 0.717) is 25.4 Å². The highest BCUT2D eigenvalue weighted by Crippen LogP contribution is 2.43. The van der Waals surface area contributed by atoms with E-state index in [1.165, 1.54) is 24.2 Å². The molecule has 114 valence electrons. The molecule has 2 aliphatic rings. The number of nitrogens with zero attached hydrogens (tertiary/aromatic N) is 1. The summed E-state index contributed by atoms with van der Waals surface area (Å²) in [5.41, 5.74) is 0.261. The van der Waals surface area contributed by atoms with Crippen LogP contribution in [0.4, 0.5) is 4.79 Å². The molecule has 1 saturated carbocycles. The van der Waals surface area contributed by atoms with Gasteiger partial charge >= 0.3 is 12.0 Å². The van der Waals surface area contributed by atoms with Crippen molar-refractivity contribution in [2.24, 2.45) is 11.3 Å². The lowest BCUT2D eigenvalue weighted by molar-refractivity contribution is -0.143. The summed E-state index contributed by atoms with van der Waals surface area (Å²) in [4.78, 5) is 25.1. The number of amides is 2. The molecule has 2 unspecified atom stereocenters. The Morgan fingerprint density at radius 1 is 1.40 bits per heavy atom. The Hall–Kier alpha value is -1.26. The Morgan fingerprint density at radius 2 is 2.10 bits per heavy atom. The first-order chi connectivity index (χ1) is 9.47. The summed E-state index contributed by atoms with van der Waals surface area (Å²) < 4.78 is 0. The van der Waals surface area contributed by atoms with Crippen LogP contribution in [0.2, 0.25) is 0 Å². The topological polar surface area (TPSA) is 69.6 Å². The summed E-state index contributed by atoms with van der Waals surface area (Å²) in [7, 11) is 0. The molecule has 1 heterocycles. The summed E-state index contributed by atoms with van der Waals surface area (Å²) >= 11 is 0. The second-order valence-electron chi connectivity index (χ2n) is 6.54. The number of carboxylic acid groups (broad SMARTS) is 1. The molecular formula is C15H26N2O3. The van der Waals surface area contributed by atoms with Crippen LogP contribution in [-0.4, -0.2) is 41.1 Å². The van der Waals surface area contributed by atoms with Crippen molar-refractivity contribution in [2.45, 2.75) is 58.4 Å². The number of rotatable bonds is 4. The predicted octanol–water partition coefficient (Wildman–Crippen LogP) is 2.46. The van der Waals surface area contributed by atoms with Crippen molar-refractivity contribution in [3.8, 4) is 0 Å². The lowest BCUT2D eigenvalue weighted by Gasteiger charge is -2.42. The lowest BCUT2D eigenvalue weighted by Crippen LogP contribution is -2.55. The van der Waals surface area contributed by atoms with Gasteiger partial charge in [0.05, 0.1) is 0 Å². The van der Waals surface area contributed by atoms with Gasteiger partial charge in [0, 0.05) is 13.1 Å². The maximum Gasteiger partial charge on any atom is 0.326 e. The Kier molecular flexibility index (Phi) is 4.55. The van der Waals surface area contributed by atoms with Crippen LogP contribution in [0.1, 0.15) is 52.4 Å². The average Bonchev–Trinajstić information content (AvgIpc) is 2.37. The zero-order chi connectivity index (χ0) is 14.8. The highest BCUT2D eigenvalue weighted by atomic mass is 16.4. The van der Waals surface area contributed by atoms with Gasteiger partial charge in [-0.3, -0.25) is 0 Å². The highest BCUT2D eigenvalue weighted by molar-refractivity contribution is 5.82. The third-order valence-corrected chi connectivity index (χ3v) is 5.19. The van der Waals surface area contributed by atoms with Gasteiger partial charge < -0.3 is 15.3 Å². The molecule has 0 aromatic rings. The van der Waals surface area contributed by atoms with Gasteiger partial charge in [0.1, 0.15) is 6.04 Å². The van der Waals surface area contributed by atoms with Crippen LogP contribution in [0.3, 0.4) is 0 Å². The lowest BCUT2D eigenvalue weighted by atomic mass is 9.67. The number of piperidine rings is 1. The number of carboxylic acids is 1. The van der Waals surface area contributed by atoms with Gasteiger partial charge in [0.25, 0.3) is 0 Å². The van der Waals surface area contributed by atoms with Crippen molar-refractivity contribution < 1.29 is 14.7 Å². The standard InChI is InChI=1S/C15H26N2O3/c1-3-15(6-4-7-15)10-16-14(20)17-8-5-11(2)9-12(17)13(18)19/h11-12H,3-10H2,1-2H3,(H,16,20)(H,18,19). The minimum Gasteiger partial charge on any atom is -0.480 e. The molecule has 1 aliphatic carbocycles. The predicted molar refractivity (Wildman–Crippen MR) is 76.5 cm³/mol. The molecule has 0 aromatic heterocycles. The summed E-state index contributed by atoms with van der Waals surface area (Å²) in [6, 6.07) is -0.873.